The van der Waals surface area contributed by atoms with E-state index >= 15 is 0 Å². The molecule has 1 fully saturated rings. The van der Waals surface area contributed by atoms with E-state index in [-0.39, 0.29) is 6.04 Å². The summed E-state index contributed by atoms with van der Waals surface area (Å²) >= 11 is 0. The minimum Gasteiger partial charge on any atom is -0.480 e. The second-order valence-electron chi connectivity index (χ2n) is 4.82. The summed E-state index contributed by atoms with van der Waals surface area (Å²) in [7, 11) is 0. The van der Waals surface area contributed by atoms with Gasteiger partial charge in [-0.05, 0) is 32.2 Å². The number of carboxylic acids is 1. The number of carboxylic acid groups (broad SMARTS) is 1. The third kappa shape index (κ3) is 3.48. The fraction of sp³-hybridized carbons (Fsp3) is 0.923. The van der Waals surface area contributed by atoms with Crippen LogP contribution < -0.4 is 0 Å². The number of rotatable bonds is 6. The summed E-state index contributed by atoms with van der Waals surface area (Å²) in [6.07, 6.45) is 7.63. The highest BCUT2D eigenvalue weighted by atomic mass is 16.4. The summed E-state index contributed by atoms with van der Waals surface area (Å²) in [5.41, 5.74) is 0. The number of hydrogen-bond acceptors (Lipinski definition) is 2. The lowest BCUT2D eigenvalue weighted by atomic mass is 9.96. The lowest BCUT2D eigenvalue weighted by Crippen LogP contribution is -2.50. The van der Waals surface area contributed by atoms with Gasteiger partial charge in [-0.2, -0.15) is 0 Å². The van der Waals surface area contributed by atoms with E-state index in [2.05, 4.69) is 18.7 Å². The Bertz CT molecular complexity index is 212. The molecule has 16 heavy (non-hydrogen) atoms. The van der Waals surface area contributed by atoms with Crippen molar-refractivity contribution in [2.75, 3.05) is 6.54 Å². The Morgan fingerprint density at radius 3 is 2.44 bits per heavy atom. The van der Waals surface area contributed by atoms with Gasteiger partial charge in [-0.3, -0.25) is 9.69 Å². The first-order valence-electron chi connectivity index (χ1n) is 6.69. The molecule has 0 bridgehead atoms. The molecule has 0 spiro atoms. The Balaban J connectivity index is 2.66. The van der Waals surface area contributed by atoms with Crippen molar-refractivity contribution in [3.8, 4) is 0 Å². The zero-order chi connectivity index (χ0) is 12.0. The highest BCUT2D eigenvalue weighted by molar-refractivity contribution is 5.73. The van der Waals surface area contributed by atoms with Crippen molar-refractivity contribution < 1.29 is 9.90 Å². The van der Waals surface area contributed by atoms with Crippen LogP contribution in [0, 0.1) is 0 Å². The lowest BCUT2D eigenvalue weighted by Gasteiger charge is -2.39. The minimum absolute atomic E-state index is 0.225. The van der Waals surface area contributed by atoms with Crippen LogP contribution in [-0.2, 0) is 4.79 Å². The molecule has 3 nitrogen and oxygen atoms in total. The predicted octanol–water partition coefficient (Wildman–Crippen LogP) is 2.89. The molecule has 3 heteroatoms. The van der Waals surface area contributed by atoms with Gasteiger partial charge in [0, 0.05) is 6.04 Å². The summed E-state index contributed by atoms with van der Waals surface area (Å²) in [5, 5.41) is 9.25. The smallest absolute Gasteiger partial charge is 0.320 e. The molecular weight excluding hydrogens is 202 g/mol. The monoisotopic (exact) mass is 227 g/mol. The molecule has 0 amide bonds. The molecule has 94 valence electrons. The average Bonchev–Trinajstić information content (AvgIpc) is 2.29. The maximum Gasteiger partial charge on any atom is 0.320 e. The Morgan fingerprint density at radius 1 is 1.31 bits per heavy atom. The van der Waals surface area contributed by atoms with Gasteiger partial charge in [0.25, 0.3) is 0 Å². The van der Waals surface area contributed by atoms with Crippen LogP contribution in [-0.4, -0.2) is 34.6 Å². The van der Waals surface area contributed by atoms with Crippen LogP contribution in [0.2, 0.25) is 0 Å². The van der Waals surface area contributed by atoms with Gasteiger partial charge in [-0.15, -0.1) is 0 Å². The summed E-state index contributed by atoms with van der Waals surface area (Å²) in [6, 6.07) is 0.258. The Morgan fingerprint density at radius 2 is 1.94 bits per heavy atom. The summed E-state index contributed by atoms with van der Waals surface area (Å²) in [6.45, 7) is 5.34. The molecule has 1 heterocycles. The third-order valence-electron chi connectivity index (χ3n) is 3.54. The topological polar surface area (TPSA) is 40.5 Å². The molecule has 0 saturated carbocycles. The largest absolute Gasteiger partial charge is 0.480 e. The normalized spacial score (nSPS) is 22.6. The number of likely N-dealkylation sites (tertiary alicyclic amines) is 1. The van der Waals surface area contributed by atoms with Gasteiger partial charge in [-0.1, -0.05) is 33.1 Å². The molecule has 1 aliphatic rings. The van der Waals surface area contributed by atoms with E-state index in [4.69, 9.17) is 0 Å². The molecule has 1 N–H and O–H groups in total. The van der Waals surface area contributed by atoms with Gasteiger partial charge in [0.2, 0.25) is 0 Å². The molecule has 0 aliphatic carbocycles. The van der Waals surface area contributed by atoms with Crippen molar-refractivity contribution >= 4 is 5.97 Å². The second-order valence-corrected chi connectivity index (χ2v) is 4.82. The summed E-state index contributed by atoms with van der Waals surface area (Å²) in [4.78, 5) is 13.5. The minimum atomic E-state index is -0.628. The van der Waals surface area contributed by atoms with Crippen LogP contribution in [0.3, 0.4) is 0 Å². The van der Waals surface area contributed by atoms with E-state index in [9.17, 15) is 9.90 Å². The number of hydrogen-bond donors (Lipinski definition) is 1. The van der Waals surface area contributed by atoms with Crippen LogP contribution >= 0.6 is 0 Å². The summed E-state index contributed by atoms with van der Waals surface area (Å²) in [5.74, 6) is -0.628. The number of carbonyl (C=O) groups is 1. The first kappa shape index (κ1) is 13.5. The van der Waals surface area contributed by atoms with Crippen molar-refractivity contribution in [1.29, 1.82) is 0 Å². The number of nitrogens with zero attached hydrogens (tertiary/aromatic N) is 1. The van der Waals surface area contributed by atoms with Crippen LogP contribution in [0.25, 0.3) is 0 Å². The zero-order valence-electron chi connectivity index (χ0n) is 10.6. The maximum absolute atomic E-state index is 11.2. The average molecular weight is 227 g/mol. The Hall–Kier alpha value is -0.570. The number of aliphatic carboxylic acids is 1. The van der Waals surface area contributed by atoms with Crippen LogP contribution in [0.15, 0.2) is 0 Å². The molecule has 0 radical (unpaired) electrons. The van der Waals surface area contributed by atoms with E-state index in [0.29, 0.717) is 6.04 Å². The molecule has 1 saturated heterocycles. The molecule has 0 aromatic carbocycles. The van der Waals surface area contributed by atoms with Crippen molar-refractivity contribution in [2.45, 2.75) is 70.9 Å². The number of piperidine rings is 1. The maximum atomic E-state index is 11.2. The van der Waals surface area contributed by atoms with Gasteiger partial charge in [0.05, 0.1) is 0 Å². The van der Waals surface area contributed by atoms with Gasteiger partial charge in [-0.25, -0.2) is 0 Å². The Labute approximate surface area is 98.8 Å². The van der Waals surface area contributed by atoms with E-state index in [1.807, 2.05) is 0 Å². The van der Waals surface area contributed by atoms with Crippen LogP contribution in [0.1, 0.15) is 58.8 Å². The molecule has 0 aromatic heterocycles. The fourth-order valence-corrected chi connectivity index (χ4v) is 2.80. The van der Waals surface area contributed by atoms with Gasteiger partial charge in [0.15, 0.2) is 0 Å². The summed E-state index contributed by atoms with van der Waals surface area (Å²) < 4.78 is 0. The van der Waals surface area contributed by atoms with Crippen molar-refractivity contribution in [1.82, 2.24) is 4.90 Å². The zero-order valence-corrected chi connectivity index (χ0v) is 10.6. The SMILES string of the molecule is CCCC(CCC)N1CCCCC1C(=O)O. The first-order chi connectivity index (χ1) is 7.70. The molecule has 1 atom stereocenters. The van der Waals surface area contributed by atoms with Gasteiger partial charge < -0.3 is 5.11 Å². The molecule has 1 aliphatic heterocycles. The standard InChI is InChI=1S/C13H25NO2/c1-3-7-11(8-4-2)14-10-6-5-9-12(14)13(15)16/h11-12H,3-10H2,1-2H3,(H,15,16). The van der Waals surface area contributed by atoms with E-state index in [1.54, 1.807) is 0 Å². The first-order valence-corrected chi connectivity index (χ1v) is 6.69. The quantitative estimate of drug-likeness (QED) is 0.758. The highest BCUT2D eigenvalue weighted by Crippen LogP contribution is 2.24. The van der Waals surface area contributed by atoms with Crippen molar-refractivity contribution in [3.63, 3.8) is 0 Å². The molecular formula is C13H25NO2. The molecule has 1 rings (SSSR count). The van der Waals surface area contributed by atoms with Crippen LogP contribution in [0.4, 0.5) is 0 Å². The third-order valence-corrected chi connectivity index (χ3v) is 3.54. The highest BCUT2D eigenvalue weighted by Gasteiger charge is 2.32. The van der Waals surface area contributed by atoms with Crippen molar-refractivity contribution in [3.05, 3.63) is 0 Å². The van der Waals surface area contributed by atoms with E-state index in [0.717, 1.165) is 51.5 Å². The molecule has 0 aromatic rings. The van der Waals surface area contributed by atoms with Crippen LogP contribution in [0.5, 0.6) is 0 Å². The second kappa shape index (κ2) is 6.89. The Kier molecular flexibility index (Phi) is 5.81. The van der Waals surface area contributed by atoms with E-state index in [1.165, 1.54) is 0 Å². The molecule has 1 unspecified atom stereocenters. The lowest BCUT2D eigenvalue weighted by molar-refractivity contribution is -0.146. The van der Waals surface area contributed by atoms with Crippen molar-refractivity contribution in [2.24, 2.45) is 0 Å². The van der Waals surface area contributed by atoms with E-state index < -0.39 is 5.97 Å². The van der Waals surface area contributed by atoms with Gasteiger partial charge >= 0.3 is 5.97 Å². The predicted molar refractivity (Wildman–Crippen MR) is 65.6 cm³/mol. The van der Waals surface area contributed by atoms with Gasteiger partial charge in [0.1, 0.15) is 6.04 Å². The fourth-order valence-electron chi connectivity index (χ4n) is 2.80.